The van der Waals surface area contributed by atoms with Crippen molar-refractivity contribution in [2.24, 2.45) is 0 Å². The SMILES string of the molecule is O=C(O)COc1ccc(-c2c3nc(cc4ccc([nH]4)c(C(CCOP(=O)(O)O)CCOP(=O)(O)O)c4nc(cc5ccc2[nH]5)C=C4)C=C3)cc1. The highest BCUT2D eigenvalue weighted by molar-refractivity contribution is 7.46. The van der Waals surface area contributed by atoms with Crippen molar-refractivity contribution < 1.29 is 52.4 Å². The minimum absolute atomic E-state index is 0.0773. The van der Waals surface area contributed by atoms with Crippen LogP contribution in [-0.4, -0.2) is 70.4 Å². The smallest absolute Gasteiger partial charge is 0.469 e. The quantitative estimate of drug-likeness (QED) is 0.0692. The molecule has 50 heavy (non-hydrogen) atoms. The number of hydrogen-bond donors (Lipinski definition) is 7. The number of benzene rings is 1. The van der Waals surface area contributed by atoms with Crippen molar-refractivity contribution in [2.75, 3.05) is 19.8 Å². The van der Waals surface area contributed by atoms with E-state index in [1.165, 1.54) is 0 Å². The molecule has 0 saturated carbocycles. The second kappa shape index (κ2) is 14.7. The van der Waals surface area contributed by atoms with Gasteiger partial charge in [-0.15, -0.1) is 0 Å². The summed E-state index contributed by atoms with van der Waals surface area (Å²) in [6.07, 6.45) is 7.52. The van der Waals surface area contributed by atoms with Crippen LogP contribution in [-0.2, 0) is 23.0 Å². The zero-order valence-electron chi connectivity index (χ0n) is 26.2. The van der Waals surface area contributed by atoms with Gasteiger partial charge in [-0.25, -0.2) is 23.9 Å². The van der Waals surface area contributed by atoms with Crippen LogP contribution in [0, 0.1) is 0 Å². The van der Waals surface area contributed by atoms with Crippen LogP contribution in [0.15, 0.2) is 60.7 Å². The van der Waals surface area contributed by atoms with Crippen LogP contribution in [0.1, 0.15) is 47.1 Å². The molecule has 7 N–H and O–H groups in total. The molecule has 0 aliphatic carbocycles. The second-order valence-corrected chi connectivity index (χ2v) is 13.8. The molecule has 0 saturated heterocycles. The third-order valence-corrected chi connectivity index (χ3v) is 8.84. The van der Waals surface area contributed by atoms with Crippen LogP contribution in [0.5, 0.6) is 5.75 Å². The first kappa shape index (κ1) is 35.1. The Morgan fingerprint density at radius 2 is 1.26 bits per heavy atom. The van der Waals surface area contributed by atoms with Gasteiger partial charge in [0.2, 0.25) is 0 Å². The number of carboxylic acids is 1. The van der Waals surface area contributed by atoms with Crippen LogP contribution < -0.4 is 4.74 Å². The van der Waals surface area contributed by atoms with E-state index in [0.29, 0.717) is 45.1 Å². The van der Waals surface area contributed by atoms with E-state index in [4.69, 9.17) is 28.9 Å². The van der Waals surface area contributed by atoms with Gasteiger partial charge in [-0.2, -0.15) is 0 Å². The van der Waals surface area contributed by atoms with Crippen LogP contribution >= 0.6 is 15.6 Å². The Labute approximate surface area is 284 Å². The van der Waals surface area contributed by atoms with Gasteiger partial charge >= 0.3 is 21.6 Å². The lowest BCUT2D eigenvalue weighted by molar-refractivity contribution is -0.139. The van der Waals surface area contributed by atoms with Crippen LogP contribution in [0.2, 0.25) is 0 Å². The van der Waals surface area contributed by atoms with E-state index >= 15 is 0 Å². The molecule has 4 aromatic rings. The predicted molar refractivity (Wildman–Crippen MR) is 185 cm³/mol. The van der Waals surface area contributed by atoms with Crippen LogP contribution in [0.25, 0.3) is 57.5 Å². The Hall–Kier alpha value is -4.69. The number of phosphoric ester groups is 2. The van der Waals surface area contributed by atoms with Gasteiger partial charge in [0, 0.05) is 33.2 Å². The number of aliphatic carboxylic acids is 1. The molecule has 3 aromatic heterocycles. The molecule has 5 heterocycles. The van der Waals surface area contributed by atoms with Crippen molar-refractivity contribution in [3.8, 4) is 16.9 Å². The number of carboxylic acid groups (broad SMARTS) is 1. The molecule has 1 aromatic carbocycles. The molecular weight excluding hydrogens is 690 g/mol. The largest absolute Gasteiger partial charge is 0.482 e. The van der Waals surface area contributed by atoms with Crippen molar-refractivity contribution in [3.05, 3.63) is 89.0 Å². The maximum atomic E-state index is 11.4. The average molecular weight is 723 g/mol. The summed E-state index contributed by atoms with van der Waals surface area (Å²) in [6.45, 7) is -1.13. The highest BCUT2D eigenvalue weighted by atomic mass is 31.2. The van der Waals surface area contributed by atoms with E-state index in [1.54, 1.807) is 18.2 Å². The van der Waals surface area contributed by atoms with Gasteiger partial charge in [-0.1, -0.05) is 12.1 Å². The van der Waals surface area contributed by atoms with Crippen LogP contribution in [0.3, 0.4) is 0 Å². The number of aromatic amines is 2. The summed E-state index contributed by atoms with van der Waals surface area (Å²) < 4.78 is 37.7. The maximum Gasteiger partial charge on any atom is 0.469 e. The lowest BCUT2D eigenvalue weighted by Crippen LogP contribution is -2.09. The number of H-pyrrole nitrogens is 2. The first-order chi connectivity index (χ1) is 23.8. The van der Waals surface area contributed by atoms with Gasteiger partial charge in [0.15, 0.2) is 6.61 Å². The molecule has 0 unspecified atom stereocenters. The molecule has 0 atom stereocenters. The van der Waals surface area contributed by atoms with E-state index in [9.17, 15) is 33.5 Å². The zero-order valence-corrected chi connectivity index (χ0v) is 28.0. The monoisotopic (exact) mass is 722 g/mol. The van der Waals surface area contributed by atoms with Crippen molar-refractivity contribution in [3.63, 3.8) is 0 Å². The molecule has 6 rings (SSSR count). The zero-order chi connectivity index (χ0) is 35.5. The molecule has 15 nitrogen and oxygen atoms in total. The lowest BCUT2D eigenvalue weighted by Gasteiger charge is -2.19. The lowest BCUT2D eigenvalue weighted by atomic mass is 9.91. The van der Waals surface area contributed by atoms with Crippen molar-refractivity contribution in [1.29, 1.82) is 0 Å². The fourth-order valence-electron chi connectivity index (χ4n) is 5.75. The standard InChI is InChI=1S/C33H32N4O11P2/c38-31(39)19-46-26-7-1-20(2-8-26)32-27-9-3-22(34-27)17-24-5-11-29(36-24)33(30-12-6-25(37-30)18-23-4-10-28(32)35-23)21(13-15-47-49(40,41)42)14-16-48-50(43,44)45/h1-12,17-18,21,34,37H,13-16,19H2,(H,38,39)(H2,40,41,42)(H2,43,44,45). The number of nitrogens with one attached hydrogen (secondary N) is 2. The normalized spacial score (nSPS) is 12.9. The number of nitrogens with zero attached hydrogens (tertiary/aromatic N) is 2. The minimum Gasteiger partial charge on any atom is -0.482 e. The number of carbonyl (C=O) groups is 1. The summed E-state index contributed by atoms with van der Waals surface area (Å²) in [6, 6.07) is 18.2. The fraction of sp³-hybridized carbons (Fsp3) is 0.182. The maximum absolute atomic E-state index is 11.4. The molecule has 8 bridgehead atoms. The fourth-order valence-corrected chi connectivity index (χ4v) is 6.44. The highest BCUT2D eigenvalue weighted by Gasteiger charge is 2.23. The Kier molecular flexibility index (Phi) is 10.3. The summed E-state index contributed by atoms with van der Waals surface area (Å²) in [4.78, 5) is 64.6. The molecule has 0 amide bonds. The molecule has 17 heteroatoms. The number of phosphoric acid groups is 2. The minimum atomic E-state index is -4.77. The van der Waals surface area contributed by atoms with E-state index in [2.05, 4.69) is 9.97 Å². The summed E-state index contributed by atoms with van der Waals surface area (Å²) in [5.41, 5.74) is 7.53. The van der Waals surface area contributed by atoms with Crippen molar-refractivity contribution in [2.45, 2.75) is 18.8 Å². The molecule has 0 radical (unpaired) electrons. The Balaban J connectivity index is 1.50. The highest BCUT2D eigenvalue weighted by Crippen LogP contribution is 2.40. The molecule has 0 spiro atoms. The van der Waals surface area contributed by atoms with Gasteiger partial charge in [0.25, 0.3) is 0 Å². The third kappa shape index (κ3) is 9.10. The number of ether oxygens (including phenoxy) is 1. The Morgan fingerprint density at radius 1 is 0.720 bits per heavy atom. The summed E-state index contributed by atoms with van der Waals surface area (Å²) >= 11 is 0. The second-order valence-electron chi connectivity index (χ2n) is 11.4. The summed E-state index contributed by atoms with van der Waals surface area (Å²) in [5.74, 6) is -1.21. The number of rotatable bonds is 13. The van der Waals surface area contributed by atoms with Gasteiger partial charge in [-0.05, 0) is 97.2 Å². The third-order valence-electron chi connectivity index (χ3n) is 7.80. The first-order valence-corrected chi connectivity index (χ1v) is 18.3. The molecular formula is C33H32N4O11P2. The van der Waals surface area contributed by atoms with Crippen molar-refractivity contribution >= 4 is 68.0 Å². The molecule has 0 fully saturated rings. The molecule has 2 aliphatic heterocycles. The van der Waals surface area contributed by atoms with E-state index in [1.807, 2.05) is 66.8 Å². The van der Waals surface area contributed by atoms with E-state index in [0.717, 1.165) is 22.2 Å². The predicted octanol–water partition coefficient (Wildman–Crippen LogP) is 5.87. The van der Waals surface area contributed by atoms with Crippen molar-refractivity contribution in [1.82, 2.24) is 19.9 Å². The van der Waals surface area contributed by atoms with E-state index < -0.39 is 34.1 Å². The Morgan fingerprint density at radius 3 is 1.84 bits per heavy atom. The molecule has 2 aliphatic rings. The molecule has 260 valence electrons. The summed E-state index contributed by atoms with van der Waals surface area (Å²) in [7, 11) is -9.55. The van der Waals surface area contributed by atoms with Gasteiger partial charge in [-0.3, -0.25) is 9.05 Å². The average Bonchev–Trinajstić information content (AvgIpc) is 3.86. The van der Waals surface area contributed by atoms with Gasteiger partial charge < -0.3 is 39.4 Å². The Bertz CT molecular complexity index is 2210. The van der Waals surface area contributed by atoms with Gasteiger partial charge in [0.1, 0.15) is 5.75 Å². The summed E-state index contributed by atoms with van der Waals surface area (Å²) in [5, 5.41) is 8.96. The number of aromatic nitrogens is 4. The topological polar surface area (TPSA) is 237 Å². The van der Waals surface area contributed by atoms with E-state index in [-0.39, 0.29) is 26.1 Å². The van der Waals surface area contributed by atoms with Gasteiger partial charge in [0.05, 0.1) is 36.0 Å². The first-order valence-electron chi connectivity index (χ1n) is 15.3. The number of hydrogen-bond acceptors (Lipinski definition) is 8. The van der Waals surface area contributed by atoms with Crippen LogP contribution in [0.4, 0.5) is 0 Å². The number of fused-ring (bicyclic) bond motifs is 8.